The Hall–Kier alpha value is -2.54. The molecule has 0 aromatic carbocycles. The van der Waals surface area contributed by atoms with Crippen molar-refractivity contribution in [3.8, 4) is 0 Å². The topological polar surface area (TPSA) is 58.4 Å². The smallest absolute Gasteiger partial charge is 0.275 e. The molecule has 2 aromatic heterocycles. The maximum atomic E-state index is 14.1. The number of rotatable bonds is 3. The van der Waals surface area contributed by atoms with Crippen LogP contribution < -0.4 is 5.56 Å². The molecule has 2 saturated heterocycles. The number of carbonyl (C=O) groups is 1. The summed E-state index contributed by atoms with van der Waals surface area (Å²) >= 11 is 0. The van der Waals surface area contributed by atoms with Gasteiger partial charge >= 0.3 is 0 Å². The summed E-state index contributed by atoms with van der Waals surface area (Å²) in [4.78, 5) is 34.1. The summed E-state index contributed by atoms with van der Waals surface area (Å²) in [6.45, 7) is 4.50. The molecule has 2 bridgehead atoms. The normalized spacial score (nSPS) is 23.8. The van der Waals surface area contributed by atoms with Crippen LogP contribution in [-0.2, 0) is 13.1 Å². The number of hydrogen-bond donors (Lipinski definition) is 0. The van der Waals surface area contributed by atoms with Crippen molar-refractivity contribution in [2.45, 2.75) is 44.7 Å². The third-order valence-corrected chi connectivity index (χ3v) is 6.77. The zero-order chi connectivity index (χ0) is 20.7. The highest BCUT2D eigenvalue weighted by Gasteiger charge is 2.37. The SMILES string of the molecule is O=C(c1ncccc1F)N1C[C@@H]2C[C@H](C1)c1ccc(CN3CCCCC3)c(=O)n1C2. The summed E-state index contributed by atoms with van der Waals surface area (Å²) < 4.78 is 16.0. The predicted octanol–water partition coefficient (Wildman–Crippen LogP) is 2.63. The fraction of sp³-hybridized carbons (Fsp3) is 0.522. The van der Waals surface area contributed by atoms with Gasteiger partial charge in [0.15, 0.2) is 11.5 Å². The van der Waals surface area contributed by atoms with E-state index in [1.807, 2.05) is 10.6 Å². The van der Waals surface area contributed by atoms with E-state index in [4.69, 9.17) is 0 Å². The second kappa shape index (κ2) is 7.95. The molecule has 6 nitrogen and oxygen atoms in total. The number of amides is 1. The average molecular weight is 410 g/mol. The summed E-state index contributed by atoms with van der Waals surface area (Å²) in [5.41, 5.74) is 1.86. The summed E-state index contributed by atoms with van der Waals surface area (Å²) in [6, 6.07) is 6.80. The second-order valence-corrected chi connectivity index (χ2v) is 8.88. The summed E-state index contributed by atoms with van der Waals surface area (Å²) in [6.07, 6.45) is 6.09. The van der Waals surface area contributed by atoms with Gasteiger partial charge in [-0.1, -0.05) is 12.5 Å². The molecule has 2 fully saturated rings. The lowest BCUT2D eigenvalue weighted by Crippen LogP contribution is -2.50. The van der Waals surface area contributed by atoms with Gasteiger partial charge in [-0.2, -0.15) is 0 Å². The van der Waals surface area contributed by atoms with Crippen LogP contribution in [0.25, 0.3) is 0 Å². The lowest BCUT2D eigenvalue weighted by atomic mass is 9.82. The van der Waals surface area contributed by atoms with E-state index in [0.29, 0.717) is 19.6 Å². The van der Waals surface area contributed by atoms with Gasteiger partial charge in [-0.15, -0.1) is 0 Å². The third kappa shape index (κ3) is 3.55. The van der Waals surface area contributed by atoms with Crippen molar-refractivity contribution in [3.05, 3.63) is 63.6 Å². The fourth-order valence-electron chi connectivity index (χ4n) is 5.33. The van der Waals surface area contributed by atoms with Crippen molar-refractivity contribution >= 4 is 5.91 Å². The molecular weight excluding hydrogens is 383 g/mol. The number of halogens is 1. The van der Waals surface area contributed by atoms with Crippen molar-refractivity contribution in [1.82, 2.24) is 19.4 Å². The Morgan fingerprint density at radius 3 is 2.73 bits per heavy atom. The molecule has 5 heterocycles. The molecule has 0 radical (unpaired) electrons. The van der Waals surface area contributed by atoms with Gasteiger partial charge in [-0.25, -0.2) is 9.37 Å². The number of aromatic nitrogens is 2. The van der Waals surface area contributed by atoms with E-state index >= 15 is 0 Å². The Bertz CT molecular complexity index is 1010. The van der Waals surface area contributed by atoms with Crippen LogP contribution in [0.2, 0.25) is 0 Å². The molecule has 3 aliphatic heterocycles. The molecule has 158 valence electrons. The first-order valence-corrected chi connectivity index (χ1v) is 10.9. The van der Waals surface area contributed by atoms with Gasteiger partial charge < -0.3 is 9.47 Å². The highest BCUT2D eigenvalue weighted by atomic mass is 19.1. The van der Waals surface area contributed by atoms with Crippen LogP contribution in [0.1, 0.15) is 53.3 Å². The Labute approximate surface area is 175 Å². The Kier molecular flexibility index (Phi) is 5.15. The zero-order valence-electron chi connectivity index (χ0n) is 17.1. The first kappa shape index (κ1) is 19.4. The Balaban J connectivity index is 1.38. The van der Waals surface area contributed by atoms with Crippen LogP contribution in [0.3, 0.4) is 0 Å². The molecule has 0 N–H and O–H groups in total. The van der Waals surface area contributed by atoms with Crippen LogP contribution >= 0.6 is 0 Å². The lowest BCUT2D eigenvalue weighted by molar-refractivity contribution is 0.0583. The van der Waals surface area contributed by atoms with E-state index in [2.05, 4.69) is 16.0 Å². The number of piperidine rings is 2. The van der Waals surface area contributed by atoms with Gasteiger partial charge in [0.25, 0.3) is 11.5 Å². The molecule has 0 spiro atoms. The summed E-state index contributed by atoms with van der Waals surface area (Å²) in [5.74, 6) is -0.641. The molecule has 2 aromatic rings. The molecule has 7 heteroatoms. The zero-order valence-corrected chi connectivity index (χ0v) is 17.1. The van der Waals surface area contributed by atoms with E-state index < -0.39 is 5.82 Å². The monoisotopic (exact) mass is 410 g/mol. The number of nitrogens with zero attached hydrogens (tertiary/aromatic N) is 4. The Morgan fingerprint density at radius 2 is 1.93 bits per heavy atom. The maximum absolute atomic E-state index is 14.1. The molecule has 0 aliphatic carbocycles. The van der Waals surface area contributed by atoms with E-state index in [1.165, 1.54) is 37.6 Å². The molecule has 0 unspecified atom stereocenters. The second-order valence-electron chi connectivity index (χ2n) is 8.88. The molecule has 1 amide bonds. The minimum atomic E-state index is -0.586. The number of carbonyl (C=O) groups excluding carboxylic acids is 1. The van der Waals surface area contributed by atoms with Gasteiger partial charge in [-0.3, -0.25) is 14.5 Å². The van der Waals surface area contributed by atoms with Crippen LogP contribution in [0, 0.1) is 11.7 Å². The van der Waals surface area contributed by atoms with E-state index in [0.717, 1.165) is 37.3 Å². The molecule has 2 atom stereocenters. The largest absolute Gasteiger partial charge is 0.336 e. The minimum Gasteiger partial charge on any atom is -0.336 e. The third-order valence-electron chi connectivity index (χ3n) is 6.77. The summed E-state index contributed by atoms with van der Waals surface area (Å²) in [5, 5.41) is 0. The van der Waals surface area contributed by atoms with Crippen LogP contribution in [0.4, 0.5) is 4.39 Å². The van der Waals surface area contributed by atoms with Crippen molar-refractivity contribution in [3.63, 3.8) is 0 Å². The highest BCUT2D eigenvalue weighted by Crippen LogP contribution is 2.35. The number of likely N-dealkylation sites (tertiary alicyclic amines) is 2. The quantitative estimate of drug-likeness (QED) is 0.781. The van der Waals surface area contributed by atoms with Crippen LogP contribution in [0.15, 0.2) is 35.3 Å². The standard InChI is InChI=1S/C23H27FN4O2/c24-19-5-4-8-25-21(19)23(30)27-12-16-11-18(15-27)20-7-6-17(22(29)28(20)13-16)14-26-9-2-1-3-10-26/h4-8,16,18H,1-3,9-15H2/t16-,18+/m0/s1. The van der Waals surface area contributed by atoms with E-state index in [1.54, 1.807) is 4.90 Å². The van der Waals surface area contributed by atoms with Crippen molar-refractivity contribution in [1.29, 1.82) is 0 Å². The van der Waals surface area contributed by atoms with Gasteiger partial charge in [0.1, 0.15) is 0 Å². The highest BCUT2D eigenvalue weighted by molar-refractivity contribution is 5.92. The van der Waals surface area contributed by atoms with Crippen molar-refractivity contribution in [2.24, 2.45) is 5.92 Å². The van der Waals surface area contributed by atoms with Gasteiger partial charge in [0.2, 0.25) is 0 Å². The Morgan fingerprint density at radius 1 is 1.10 bits per heavy atom. The lowest BCUT2D eigenvalue weighted by Gasteiger charge is -2.42. The fourth-order valence-corrected chi connectivity index (χ4v) is 5.33. The van der Waals surface area contributed by atoms with Crippen LogP contribution in [-0.4, -0.2) is 51.4 Å². The average Bonchev–Trinajstić information content (AvgIpc) is 2.76. The van der Waals surface area contributed by atoms with Crippen LogP contribution in [0.5, 0.6) is 0 Å². The molecule has 0 saturated carbocycles. The van der Waals surface area contributed by atoms with Gasteiger partial charge in [0, 0.05) is 49.6 Å². The molecular formula is C23H27FN4O2. The number of pyridine rings is 2. The minimum absolute atomic E-state index is 0.102. The van der Waals surface area contributed by atoms with Crippen molar-refractivity contribution in [2.75, 3.05) is 26.2 Å². The molecule has 3 aliphatic rings. The number of fused-ring (bicyclic) bond motifs is 4. The predicted molar refractivity (Wildman–Crippen MR) is 111 cm³/mol. The molecule has 5 rings (SSSR count). The maximum Gasteiger partial charge on any atom is 0.275 e. The summed E-state index contributed by atoms with van der Waals surface area (Å²) in [7, 11) is 0. The van der Waals surface area contributed by atoms with E-state index in [-0.39, 0.29) is 29.0 Å². The number of hydrogen-bond acceptors (Lipinski definition) is 4. The van der Waals surface area contributed by atoms with Gasteiger partial charge in [-0.05, 0) is 56.5 Å². The van der Waals surface area contributed by atoms with Gasteiger partial charge in [0.05, 0.1) is 0 Å². The first-order chi connectivity index (χ1) is 14.6. The van der Waals surface area contributed by atoms with Crippen molar-refractivity contribution < 1.29 is 9.18 Å². The van der Waals surface area contributed by atoms with E-state index in [9.17, 15) is 14.0 Å². The molecule has 30 heavy (non-hydrogen) atoms. The first-order valence-electron chi connectivity index (χ1n) is 10.9.